The van der Waals surface area contributed by atoms with Gasteiger partial charge in [0.2, 0.25) is 0 Å². The fourth-order valence-electron chi connectivity index (χ4n) is 1.73. The fourth-order valence-corrected chi connectivity index (χ4v) is 1.73. The molecule has 1 amide bonds. The Morgan fingerprint density at radius 3 is 2.65 bits per heavy atom. The van der Waals surface area contributed by atoms with Crippen LogP contribution in [-0.4, -0.2) is 22.1 Å². The molecule has 92 valence electrons. The van der Waals surface area contributed by atoms with Gasteiger partial charge in [-0.1, -0.05) is 13.8 Å². The van der Waals surface area contributed by atoms with Crippen LogP contribution in [0.1, 0.15) is 45.0 Å². The first kappa shape index (κ1) is 11.8. The monoisotopic (exact) mass is 235 g/mol. The van der Waals surface area contributed by atoms with E-state index in [0.717, 1.165) is 11.4 Å². The maximum Gasteiger partial charge on any atom is 0.416 e. The lowest BCUT2D eigenvalue weighted by molar-refractivity contribution is 0.137. The number of hydrogen-bond acceptors (Lipinski definition) is 4. The summed E-state index contributed by atoms with van der Waals surface area (Å²) < 4.78 is 5.06. The molecule has 0 atom stereocenters. The Balaban J connectivity index is 2.48. The zero-order valence-corrected chi connectivity index (χ0v) is 10.6. The van der Waals surface area contributed by atoms with E-state index >= 15 is 0 Å². The van der Waals surface area contributed by atoms with Crippen LogP contribution in [0.25, 0.3) is 0 Å². The molecule has 0 aliphatic carbocycles. The van der Waals surface area contributed by atoms with Gasteiger partial charge in [-0.2, -0.15) is 0 Å². The number of carbonyl (C=O) groups is 1. The maximum atomic E-state index is 11.7. The molecular weight excluding hydrogens is 218 g/mol. The number of anilines is 1. The second-order valence-corrected chi connectivity index (χ2v) is 4.74. The summed E-state index contributed by atoms with van der Waals surface area (Å²) in [7, 11) is 0. The Bertz CT molecular complexity index is 443. The highest BCUT2D eigenvalue weighted by molar-refractivity contribution is 5.89. The van der Waals surface area contributed by atoms with Crippen LogP contribution in [0.4, 0.5) is 10.6 Å². The number of fused-ring (bicyclic) bond motifs is 1. The highest BCUT2D eigenvalue weighted by Gasteiger charge is 2.30. The molecule has 5 heteroatoms. The van der Waals surface area contributed by atoms with Gasteiger partial charge >= 0.3 is 6.09 Å². The van der Waals surface area contributed by atoms with Crippen molar-refractivity contribution >= 4 is 11.9 Å². The third-order valence-corrected chi connectivity index (χ3v) is 2.71. The molecule has 0 N–H and O–H groups in total. The van der Waals surface area contributed by atoms with E-state index in [1.54, 1.807) is 11.1 Å². The van der Waals surface area contributed by atoms with E-state index in [2.05, 4.69) is 23.8 Å². The summed E-state index contributed by atoms with van der Waals surface area (Å²) in [6.07, 6.45) is 1.41. The molecule has 0 aromatic carbocycles. The number of hydrogen-bond donors (Lipinski definition) is 0. The average molecular weight is 235 g/mol. The first-order valence-electron chi connectivity index (χ1n) is 5.82. The minimum Gasteiger partial charge on any atom is -0.442 e. The number of aromatic nitrogens is 2. The van der Waals surface area contributed by atoms with Crippen LogP contribution < -0.4 is 4.90 Å². The van der Waals surface area contributed by atoms with E-state index in [1.165, 1.54) is 0 Å². The zero-order chi connectivity index (χ0) is 12.6. The van der Waals surface area contributed by atoms with Gasteiger partial charge in [0.1, 0.15) is 12.3 Å². The van der Waals surface area contributed by atoms with Gasteiger partial charge in [0, 0.05) is 12.2 Å². The highest BCUT2D eigenvalue weighted by Crippen LogP contribution is 2.26. The topological polar surface area (TPSA) is 55.3 Å². The number of amides is 1. The minimum atomic E-state index is -0.345. The molecule has 0 unspecified atom stereocenters. The maximum absolute atomic E-state index is 11.7. The second kappa shape index (κ2) is 4.31. The third-order valence-electron chi connectivity index (χ3n) is 2.71. The fraction of sp³-hybridized carbons (Fsp3) is 0.583. The van der Waals surface area contributed by atoms with Gasteiger partial charge in [0.15, 0.2) is 5.82 Å². The molecular formula is C12H17N3O2. The molecule has 0 saturated carbocycles. The SMILES string of the molecule is CC(C)c1cnc2c(n1)N(C(C)C)C(=O)OC2. The van der Waals surface area contributed by atoms with Crippen LogP contribution in [0.2, 0.25) is 0 Å². The molecule has 1 aliphatic rings. The first-order valence-corrected chi connectivity index (χ1v) is 5.82. The molecule has 17 heavy (non-hydrogen) atoms. The van der Waals surface area contributed by atoms with Gasteiger partial charge in [0.05, 0.1) is 5.69 Å². The van der Waals surface area contributed by atoms with Gasteiger partial charge in [-0.3, -0.25) is 9.88 Å². The molecule has 0 radical (unpaired) electrons. The Morgan fingerprint density at radius 1 is 1.35 bits per heavy atom. The number of ether oxygens (including phenoxy) is 1. The van der Waals surface area contributed by atoms with Crippen LogP contribution in [0.3, 0.4) is 0 Å². The van der Waals surface area contributed by atoms with Crippen molar-refractivity contribution in [2.24, 2.45) is 0 Å². The van der Waals surface area contributed by atoms with Crippen molar-refractivity contribution in [2.45, 2.75) is 46.3 Å². The van der Waals surface area contributed by atoms with Gasteiger partial charge < -0.3 is 4.74 Å². The van der Waals surface area contributed by atoms with E-state index in [0.29, 0.717) is 11.7 Å². The molecule has 0 fully saturated rings. The van der Waals surface area contributed by atoms with Crippen molar-refractivity contribution in [2.75, 3.05) is 4.90 Å². The lowest BCUT2D eigenvalue weighted by atomic mass is 10.1. The molecule has 2 heterocycles. The molecule has 1 aromatic rings. The van der Waals surface area contributed by atoms with E-state index in [-0.39, 0.29) is 18.7 Å². The summed E-state index contributed by atoms with van der Waals surface area (Å²) in [6.45, 7) is 8.18. The second-order valence-electron chi connectivity index (χ2n) is 4.74. The predicted molar refractivity (Wildman–Crippen MR) is 63.9 cm³/mol. The lowest BCUT2D eigenvalue weighted by Crippen LogP contribution is -2.42. The Kier molecular flexibility index (Phi) is 3.00. The zero-order valence-electron chi connectivity index (χ0n) is 10.6. The highest BCUT2D eigenvalue weighted by atomic mass is 16.6. The summed E-state index contributed by atoms with van der Waals surface area (Å²) in [6, 6.07) is 0.0123. The van der Waals surface area contributed by atoms with Crippen LogP contribution >= 0.6 is 0 Å². The van der Waals surface area contributed by atoms with Crippen LogP contribution in [-0.2, 0) is 11.3 Å². The van der Waals surface area contributed by atoms with Crippen molar-refractivity contribution in [1.29, 1.82) is 0 Å². The van der Waals surface area contributed by atoms with Crippen LogP contribution in [0, 0.1) is 0 Å². The number of cyclic esters (lactones) is 1. The average Bonchev–Trinajstić information content (AvgIpc) is 2.27. The van der Waals surface area contributed by atoms with Crippen molar-refractivity contribution in [3.8, 4) is 0 Å². The van der Waals surface area contributed by atoms with E-state index in [1.807, 2.05) is 13.8 Å². The van der Waals surface area contributed by atoms with Gasteiger partial charge in [-0.05, 0) is 19.8 Å². The van der Waals surface area contributed by atoms with Crippen molar-refractivity contribution in [3.63, 3.8) is 0 Å². The van der Waals surface area contributed by atoms with Crippen LogP contribution in [0.15, 0.2) is 6.20 Å². The normalized spacial score (nSPS) is 15.2. The number of carbonyl (C=O) groups excluding carboxylic acids is 1. The van der Waals surface area contributed by atoms with E-state index < -0.39 is 0 Å². The van der Waals surface area contributed by atoms with Gasteiger partial charge in [0.25, 0.3) is 0 Å². The summed E-state index contributed by atoms with van der Waals surface area (Å²) >= 11 is 0. The molecule has 0 bridgehead atoms. The van der Waals surface area contributed by atoms with E-state index in [4.69, 9.17) is 4.74 Å². The summed E-state index contributed by atoms with van der Waals surface area (Å²) in [5, 5.41) is 0. The van der Waals surface area contributed by atoms with Gasteiger partial charge in [-0.15, -0.1) is 0 Å². The third kappa shape index (κ3) is 2.09. The quantitative estimate of drug-likeness (QED) is 0.790. The van der Waals surface area contributed by atoms with E-state index in [9.17, 15) is 4.79 Å². The Labute approximate surface area is 101 Å². The smallest absolute Gasteiger partial charge is 0.416 e. The number of nitrogens with zero attached hydrogens (tertiary/aromatic N) is 3. The lowest BCUT2D eigenvalue weighted by Gasteiger charge is -2.30. The summed E-state index contributed by atoms with van der Waals surface area (Å²) in [4.78, 5) is 22.1. The standard InChI is InChI=1S/C12H17N3O2/c1-7(2)9-5-13-10-6-17-12(16)15(8(3)4)11(10)14-9/h5,7-8H,6H2,1-4H3. The molecule has 0 spiro atoms. The molecule has 2 rings (SSSR count). The van der Waals surface area contributed by atoms with Crippen molar-refractivity contribution in [3.05, 3.63) is 17.6 Å². The predicted octanol–water partition coefficient (Wildman–Crippen LogP) is 2.47. The summed E-state index contributed by atoms with van der Waals surface area (Å²) in [5.41, 5.74) is 1.62. The Hall–Kier alpha value is -1.65. The molecule has 1 aromatic heterocycles. The minimum absolute atomic E-state index is 0.0123. The van der Waals surface area contributed by atoms with Crippen molar-refractivity contribution < 1.29 is 9.53 Å². The molecule has 1 aliphatic heterocycles. The molecule has 5 nitrogen and oxygen atoms in total. The van der Waals surface area contributed by atoms with Crippen molar-refractivity contribution in [1.82, 2.24) is 9.97 Å². The number of rotatable bonds is 2. The largest absolute Gasteiger partial charge is 0.442 e. The van der Waals surface area contributed by atoms with Crippen LogP contribution in [0.5, 0.6) is 0 Å². The Morgan fingerprint density at radius 2 is 2.06 bits per heavy atom. The molecule has 0 saturated heterocycles. The first-order chi connectivity index (χ1) is 8.00. The van der Waals surface area contributed by atoms with Gasteiger partial charge in [-0.25, -0.2) is 9.78 Å². The summed E-state index contributed by atoms with van der Waals surface area (Å²) in [5.74, 6) is 0.933.